The summed E-state index contributed by atoms with van der Waals surface area (Å²) < 4.78 is 0. The van der Waals surface area contributed by atoms with E-state index >= 15 is 0 Å². The van der Waals surface area contributed by atoms with E-state index in [0.29, 0.717) is 19.0 Å². The van der Waals surface area contributed by atoms with Crippen molar-refractivity contribution in [2.75, 3.05) is 6.54 Å². The maximum atomic E-state index is 12.5. The fraction of sp³-hybridized carbons (Fsp3) is 0.667. The number of hydrogen-bond acceptors (Lipinski definition) is 3. The van der Waals surface area contributed by atoms with Gasteiger partial charge in [-0.15, -0.1) is 11.3 Å². The van der Waals surface area contributed by atoms with Gasteiger partial charge in [-0.25, -0.2) is 0 Å². The lowest BCUT2D eigenvalue weighted by Crippen LogP contribution is -2.34. The highest BCUT2D eigenvalue weighted by Gasteiger charge is 2.24. The predicted molar refractivity (Wildman–Crippen MR) is 92.7 cm³/mol. The highest BCUT2D eigenvalue weighted by molar-refractivity contribution is 7.14. The molecule has 2 aliphatic rings. The van der Waals surface area contributed by atoms with Crippen LogP contribution in [0.5, 0.6) is 0 Å². The number of carbonyl (C=O) groups is 2. The molecule has 3 rings (SSSR count). The summed E-state index contributed by atoms with van der Waals surface area (Å²) in [5, 5.41) is 3.22. The van der Waals surface area contributed by atoms with Crippen LogP contribution in [-0.2, 0) is 17.8 Å². The van der Waals surface area contributed by atoms with Crippen molar-refractivity contribution >= 4 is 23.2 Å². The van der Waals surface area contributed by atoms with Crippen molar-refractivity contribution in [1.29, 1.82) is 0 Å². The van der Waals surface area contributed by atoms with Crippen LogP contribution in [0, 0.1) is 0 Å². The molecule has 126 valence electrons. The van der Waals surface area contributed by atoms with Crippen molar-refractivity contribution in [3.63, 3.8) is 0 Å². The van der Waals surface area contributed by atoms with Crippen molar-refractivity contribution in [2.24, 2.45) is 0 Å². The van der Waals surface area contributed by atoms with Crippen LogP contribution < -0.4 is 5.32 Å². The predicted octanol–water partition coefficient (Wildman–Crippen LogP) is 3.50. The summed E-state index contributed by atoms with van der Waals surface area (Å²) in [6.45, 7) is 3.34. The molecule has 2 heterocycles. The number of nitrogens with zero attached hydrogens (tertiary/aromatic N) is 1. The lowest BCUT2D eigenvalue weighted by Gasteiger charge is -2.26. The Hall–Kier alpha value is -1.36. The van der Waals surface area contributed by atoms with Crippen LogP contribution in [0.2, 0.25) is 0 Å². The third-order valence-corrected chi connectivity index (χ3v) is 6.17. The molecule has 5 heteroatoms. The summed E-state index contributed by atoms with van der Waals surface area (Å²) in [4.78, 5) is 28.4. The van der Waals surface area contributed by atoms with Crippen LogP contribution >= 0.6 is 11.3 Å². The molecule has 1 N–H and O–H groups in total. The van der Waals surface area contributed by atoms with E-state index in [1.807, 2.05) is 17.9 Å². The van der Waals surface area contributed by atoms with Crippen molar-refractivity contribution in [2.45, 2.75) is 70.9 Å². The second-order valence-electron chi connectivity index (χ2n) is 6.64. The van der Waals surface area contributed by atoms with E-state index in [1.165, 1.54) is 30.6 Å². The third-order valence-electron chi connectivity index (χ3n) is 4.94. The molecule has 0 radical (unpaired) electrons. The second kappa shape index (κ2) is 7.47. The highest BCUT2D eigenvalue weighted by Crippen LogP contribution is 2.29. The zero-order chi connectivity index (χ0) is 16.2. The number of amides is 2. The minimum atomic E-state index is 0.0738. The Morgan fingerprint density at radius 2 is 2.00 bits per heavy atom. The van der Waals surface area contributed by atoms with Crippen LogP contribution in [-0.4, -0.2) is 29.3 Å². The lowest BCUT2D eigenvalue weighted by atomic mass is 10.1. The first-order valence-electron chi connectivity index (χ1n) is 8.87. The van der Waals surface area contributed by atoms with Crippen LogP contribution in [0.4, 0.5) is 0 Å². The maximum absolute atomic E-state index is 12.5. The van der Waals surface area contributed by atoms with E-state index < -0.39 is 0 Å². The SMILES string of the molecule is CCC(=O)N1CCc2sc(C(=O)NC3CCCCCC3)cc2C1. The summed E-state index contributed by atoms with van der Waals surface area (Å²) in [5.41, 5.74) is 1.16. The maximum Gasteiger partial charge on any atom is 0.261 e. The van der Waals surface area contributed by atoms with Gasteiger partial charge in [-0.1, -0.05) is 32.6 Å². The van der Waals surface area contributed by atoms with Gasteiger partial charge in [0, 0.05) is 30.4 Å². The summed E-state index contributed by atoms with van der Waals surface area (Å²) in [7, 11) is 0. The number of fused-ring (bicyclic) bond motifs is 1. The normalized spacial score (nSPS) is 19.1. The molecule has 1 aliphatic carbocycles. The van der Waals surface area contributed by atoms with Gasteiger partial charge in [0.25, 0.3) is 5.91 Å². The van der Waals surface area contributed by atoms with Gasteiger partial charge in [0.2, 0.25) is 5.91 Å². The van der Waals surface area contributed by atoms with E-state index in [2.05, 4.69) is 5.32 Å². The molecule has 0 atom stereocenters. The minimum absolute atomic E-state index is 0.0738. The Bertz CT molecular complexity index is 574. The van der Waals surface area contributed by atoms with Crippen LogP contribution in [0.25, 0.3) is 0 Å². The standard InChI is InChI=1S/C18H26N2O2S/c1-2-17(21)20-10-9-15-13(12-20)11-16(23-15)18(22)19-14-7-5-3-4-6-8-14/h11,14H,2-10,12H2,1H3,(H,19,22). The van der Waals surface area contributed by atoms with Crippen molar-refractivity contribution in [3.8, 4) is 0 Å². The van der Waals surface area contributed by atoms with E-state index in [0.717, 1.165) is 36.2 Å². The molecule has 1 aliphatic heterocycles. The first-order chi connectivity index (χ1) is 11.2. The number of rotatable bonds is 3. The molecule has 0 bridgehead atoms. The van der Waals surface area contributed by atoms with Gasteiger partial charge >= 0.3 is 0 Å². The number of nitrogens with one attached hydrogen (secondary N) is 1. The molecule has 0 unspecified atom stereocenters. The zero-order valence-electron chi connectivity index (χ0n) is 13.9. The molecule has 2 amide bonds. The van der Waals surface area contributed by atoms with Gasteiger partial charge in [0.05, 0.1) is 4.88 Å². The van der Waals surface area contributed by atoms with E-state index in [1.54, 1.807) is 11.3 Å². The summed E-state index contributed by atoms with van der Waals surface area (Å²) in [6, 6.07) is 2.34. The van der Waals surface area contributed by atoms with Gasteiger partial charge in [0.1, 0.15) is 0 Å². The molecule has 0 spiro atoms. The fourth-order valence-corrected chi connectivity index (χ4v) is 4.63. The largest absolute Gasteiger partial charge is 0.349 e. The average Bonchev–Trinajstić information content (AvgIpc) is 2.83. The summed E-state index contributed by atoms with van der Waals surface area (Å²) in [6.07, 6.45) is 8.67. The van der Waals surface area contributed by atoms with Crippen LogP contribution in [0.3, 0.4) is 0 Å². The molecule has 1 aromatic heterocycles. The molecule has 23 heavy (non-hydrogen) atoms. The van der Waals surface area contributed by atoms with Gasteiger partial charge in [-0.05, 0) is 30.9 Å². The number of hydrogen-bond donors (Lipinski definition) is 1. The minimum Gasteiger partial charge on any atom is -0.349 e. The Kier molecular flexibility index (Phi) is 5.36. The first-order valence-corrected chi connectivity index (χ1v) is 9.69. The van der Waals surface area contributed by atoms with Gasteiger partial charge in [-0.2, -0.15) is 0 Å². The Balaban J connectivity index is 1.64. The molecule has 4 nitrogen and oxygen atoms in total. The Morgan fingerprint density at radius 3 is 2.70 bits per heavy atom. The molecule has 0 saturated heterocycles. The van der Waals surface area contributed by atoms with Crippen LogP contribution in [0.15, 0.2) is 6.07 Å². The van der Waals surface area contributed by atoms with Crippen molar-refractivity contribution < 1.29 is 9.59 Å². The summed E-state index contributed by atoms with van der Waals surface area (Å²) >= 11 is 1.61. The average molecular weight is 334 g/mol. The monoisotopic (exact) mass is 334 g/mol. The summed E-state index contributed by atoms with van der Waals surface area (Å²) in [5.74, 6) is 0.274. The van der Waals surface area contributed by atoms with Gasteiger partial charge in [0.15, 0.2) is 0 Å². The lowest BCUT2D eigenvalue weighted by molar-refractivity contribution is -0.131. The van der Waals surface area contributed by atoms with E-state index in [4.69, 9.17) is 0 Å². The third kappa shape index (κ3) is 3.94. The number of thiophene rings is 1. The first kappa shape index (κ1) is 16.5. The zero-order valence-corrected chi connectivity index (χ0v) is 14.7. The van der Waals surface area contributed by atoms with Crippen molar-refractivity contribution in [3.05, 3.63) is 21.4 Å². The topological polar surface area (TPSA) is 49.4 Å². The van der Waals surface area contributed by atoms with Crippen LogP contribution in [0.1, 0.15) is 72.0 Å². The number of carbonyl (C=O) groups excluding carboxylic acids is 2. The molecule has 1 fully saturated rings. The van der Waals surface area contributed by atoms with Gasteiger partial charge < -0.3 is 10.2 Å². The fourth-order valence-electron chi connectivity index (χ4n) is 3.56. The molecule has 1 aromatic rings. The van der Waals surface area contributed by atoms with E-state index in [-0.39, 0.29) is 11.8 Å². The quantitative estimate of drug-likeness (QED) is 0.860. The molecular formula is C18H26N2O2S. The van der Waals surface area contributed by atoms with Gasteiger partial charge in [-0.3, -0.25) is 9.59 Å². The Labute approximate surface area is 142 Å². The second-order valence-corrected chi connectivity index (χ2v) is 7.78. The molecule has 1 saturated carbocycles. The smallest absolute Gasteiger partial charge is 0.261 e. The molecular weight excluding hydrogens is 308 g/mol. The van der Waals surface area contributed by atoms with E-state index in [9.17, 15) is 9.59 Å². The van der Waals surface area contributed by atoms with Crippen molar-refractivity contribution in [1.82, 2.24) is 10.2 Å². The molecule has 0 aromatic carbocycles. The highest BCUT2D eigenvalue weighted by atomic mass is 32.1. The Morgan fingerprint density at radius 1 is 1.26 bits per heavy atom.